The van der Waals surface area contributed by atoms with Gasteiger partial charge >= 0.3 is 0 Å². The summed E-state index contributed by atoms with van der Waals surface area (Å²) < 4.78 is 5.29. The summed E-state index contributed by atoms with van der Waals surface area (Å²) >= 11 is 0. The zero-order chi connectivity index (χ0) is 22.0. The number of hydrogen-bond acceptors (Lipinski definition) is 7. The number of hydrogen-bond donors (Lipinski definition) is 0. The Morgan fingerprint density at radius 2 is 2.03 bits per heavy atom. The molecule has 1 fully saturated rings. The lowest BCUT2D eigenvalue weighted by Gasteiger charge is -2.33. The van der Waals surface area contributed by atoms with Crippen LogP contribution in [0.25, 0.3) is 11.4 Å². The molecule has 1 aliphatic heterocycles. The van der Waals surface area contributed by atoms with Crippen LogP contribution in [-0.2, 0) is 6.42 Å². The first kappa shape index (κ1) is 21.0. The molecule has 8 nitrogen and oxygen atoms in total. The lowest BCUT2D eigenvalue weighted by Crippen LogP contribution is -2.39. The van der Waals surface area contributed by atoms with Crippen molar-refractivity contribution >= 4 is 11.7 Å². The van der Waals surface area contributed by atoms with E-state index in [4.69, 9.17) is 14.5 Å². The normalized spacial score (nSPS) is 16.4. The average Bonchev–Trinajstić information content (AvgIpc) is 3.19. The Labute approximate surface area is 182 Å². The van der Waals surface area contributed by atoms with E-state index in [1.807, 2.05) is 49.0 Å². The number of amides is 1. The van der Waals surface area contributed by atoms with E-state index < -0.39 is 0 Å². The third-order valence-corrected chi connectivity index (χ3v) is 5.74. The molecule has 0 saturated carbocycles. The first-order chi connectivity index (χ1) is 15.0. The molecule has 0 aromatic carbocycles. The van der Waals surface area contributed by atoms with Crippen LogP contribution in [0.2, 0.25) is 0 Å². The van der Waals surface area contributed by atoms with Gasteiger partial charge in [0.2, 0.25) is 0 Å². The van der Waals surface area contributed by atoms with E-state index >= 15 is 0 Å². The van der Waals surface area contributed by atoms with Crippen molar-refractivity contribution in [2.75, 3.05) is 32.1 Å². The van der Waals surface area contributed by atoms with Crippen molar-refractivity contribution in [2.24, 2.45) is 0 Å². The zero-order valence-corrected chi connectivity index (χ0v) is 18.5. The van der Waals surface area contributed by atoms with Crippen LogP contribution in [0.15, 0.2) is 35.1 Å². The standard InChI is InChI=1S/C23H28N6O2/c1-5-18-21(15(2)31-27-18)23(30)29-12-6-7-17(14-29)19-13-20(28(3)4)26-22(25-19)16-8-10-24-11-9-16/h8-11,13,17H,5-7,12,14H2,1-4H3/t17-/m0/s1. The second-order valence-electron chi connectivity index (χ2n) is 8.11. The minimum absolute atomic E-state index is 0.00320. The van der Waals surface area contributed by atoms with Gasteiger partial charge in [-0.05, 0) is 38.3 Å². The first-order valence-corrected chi connectivity index (χ1v) is 10.7. The Hall–Kier alpha value is -3.29. The van der Waals surface area contributed by atoms with Crippen molar-refractivity contribution in [1.29, 1.82) is 0 Å². The number of pyridine rings is 1. The molecule has 3 aromatic rings. The third kappa shape index (κ3) is 4.28. The number of anilines is 1. The van der Waals surface area contributed by atoms with E-state index in [0.717, 1.165) is 42.2 Å². The average molecular weight is 421 g/mol. The summed E-state index contributed by atoms with van der Waals surface area (Å²) in [4.78, 5) is 30.9. The van der Waals surface area contributed by atoms with Gasteiger partial charge in [0.15, 0.2) is 5.82 Å². The third-order valence-electron chi connectivity index (χ3n) is 5.74. The molecule has 1 amide bonds. The number of carbonyl (C=O) groups excluding carboxylic acids is 1. The van der Waals surface area contributed by atoms with Gasteiger partial charge in [-0.25, -0.2) is 9.97 Å². The molecule has 31 heavy (non-hydrogen) atoms. The van der Waals surface area contributed by atoms with Gasteiger partial charge < -0.3 is 14.3 Å². The molecule has 3 aromatic heterocycles. The molecule has 1 atom stereocenters. The molecule has 4 heterocycles. The van der Waals surface area contributed by atoms with Crippen molar-refractivity contribution < 1.29 is 9.32 Å². The molecule has 0 N–H and O–H groups in total. The van der Waals surface area contributed by atoms with Crippen LogP contribution in [0.3, 0.4) is 0 Å². The smallest absolute Gasteiger partial charge is 0.259 e. The second-order valence-corrected chi connectivity index (χ2v) is 8.11. The van der Waals surface area contributed by atoms with Crippen LogP contribution < -0.4 is 4.90 Å². The van der Waals surface area contributed by atoms with Crippen LogP contribution in [0, 0.1) is 6.92 Å². The maximum Gasteiger partial charge on any atom is 0.259 e. The molecular weight excluding hydrogens is 392 g/mol. The van der Waals surface area contributed by atoms with Gasteiger partial charge in [-0.15, -0.1) is 0 Å². The fraction of sp³-hybridized carbons (Fsp3) is 0.435. The Bertz CT molecular complexity index is 1060. The Morgan fingerprint density at radius 1 is 1.26 bits per heavy atom. The molecule has 0 unspecified atom stereocenters. The number of rotatable bonds is 5. The largest absolute Gasteiger partial charge is 0.363 e. The Kier molecular flexibility index (Phi) is 5.97. The molecule has 0 aliphatic carbocycles. The molecule has 4 rings (SSSR count). The summed E-state index contributed by atoms with van der Waals surface area (Å²) in [6, 6.07) is 5.86. The van der Waals surface area contributed by atoms with Gasteiger partial charge in [0.1, 0.15) is 17.1 Å². The minimum Gasteiger partial charge on any atom is -0.363 e. The summed E-state index contributed by atoms with van der Waals surface area (Å²) in [7, 11) is 3.94. The topological polar surface area (TPSA) is 88.3 Å². The lowest BCUT2D eigenvalue weighted by molar-refractivity contribution is 0.0703. The van der Waals surface area contributed by atoms with Gasteiger partial charge in [0, 0.05) is 57.1 Å². The second kappa shape index (κ2) is 8.83. The van der Waals surface area contributed by atoms with Gasteiger partial charge in [-0.1, -0.05) is 12.1 Å². The van der Waals surface area contributed by atoms with Gasteiger partial charge in [0.25, 0.3) is 5.91 Å². The van der Waals surface area contributed by atoms with Crippen molar-refractivity contribution in [2.45, 2.75) is 39.0 Å². The monoisotopic (exact) mass is 420 g/mol. The zero-order valence-electron chi connectivity index (χ0n) is 18.5. The highest BCUT2D eigenvalue weighted by Crippen LogP contribution is 2.30. The molecule has 162 valence electrons. The highest BCUT2D eigenvalue weighted by molar-refractivity contribution is 5.96. The molecular formula is C23H28N6O2. The number of carbonyl (C=O) groups is 1. The van der Waals surface area contributed by atoms with Crippen LogP contribution in [0.4, 0.5) is 5.82 Å². The maximum atomic E-state index is 13.3. The molecule has 0 spiro atoms. The van der Waals surface area contributed by atoms with E-state index in [2.05, 4.69) is 10.1 Å². The summed E-state index contributed by atoms with van der Waals surface area (Å²) in [5, 5.41) is 4.05. The van der Waals surface area contributed by atoms with Crippen molar-refractivity contribution in [3.8, 4) is 11.4 Å². The number of nitrogens with zero attached hydrogens (tertiary/aromatic N) is 6. The Morgan fingerprint density at radius 3 is 2.74 bits per heavy atom. The predicted molar refractivity (Wildman–Crippen MR) is 118 cm³/mol. The lowest BCUT2D eigenvalue weighted by atomic mass is 9.93. The van der Waals surface area contributed by atoms with Crippen LogP contribution >= 0.6 is 0 Å². The van der Waals surface area contributed by atoms with Crippen LogP contribution in [-0.4, -0.2) is 58.1 Å². The molecule has 0 radical (unpaired) electrons. The molecule has 0 bridgehead atoms. The molecule has 1 aliphatic rings. The summed E-state index contributed by atoms with van der Waals surface area (Å²) in [5.41, 5.74) is 3.22. The van der Waals surface area contributed by atoms with E-state index in [0.29, 0.717) is 30.1 Å². The van der Waals surface area contributed by atoms with Gasteiger partial charge in [-0.2, -0.15) is 0 Å². The fourth-order valence-electron chi connectivity index (χ4n) is 4.02. The van der Waals surface area contributed by atoms with Crippen LogP contribution in [0.5, 0.6) is 0 Å². The van der Waals surface area contributed by atoms with Crippen LogP contribution in [0.1, 0.15) is 53.2 Å². The maximum absolute atomic E-state index is 13.3. The van der Waals surface area contributed by atoms with E-state index in [1.165, 1.54) is 0 Å². The number of aryl methyl sites for hydroxylation is 2. The summed E-state index contributed by atoms with van der Waals surface area (Å²) in [6.45, 7) is 5.13. The predicted octanol–water partition coefficient (Wildman–Crippen LogP) is 3.48. The molecule has 1 saturated heterocycles. The van der Waals surface area contributed by atoms with Crippen molar-refractivity contribution in [1.82, 2.24) is 25.0 Å². The number of likely N-dealkylation sites (tertiary alicyclic amines) is 1. The van der Waals surface area contributed by atoms with Gasteiger partial charge in [0.05, 0.1) is 11.4 Å². The van der Waals surface area contributed by atoms with Gasteiger partial charge in [-0.3, -0.25) is 9.78 Å². The van der Waals surface area contributed by atoms with E-state index in [1.54, 1.807) is 19.3 Å². The van der Waals surface area contributed by atoms with E-state index in [9.17, 15) is 4.79 Å². The van der Waals surface area contributed by atoms with E-state index in [-0.39, 0.29) is 11.8 Å². The quantitative estimate of drug-likeness (QED) is 0.624. The van der Waals surface area contributed by atoms with Crippen molar-refractivity contribution in [3.05, 3.63) is 53.3 Å². The summed E-state index contributed by atoms with van der Waals surface area (Å²) in [5.74, 6) is 2.25. The highest BCUT2D eigenvalue weighted by atomic mass is 16.5. The SMILES string of the molecule is CCc1noc(C)c1C(=O)N1CCC[C@H](c2cc(N(C)C)nc(-c3ccncc3)n2)C1. The highest BCUT2D eigenvalue weighted by Gasteiger charge is 2.30. The Balaban J connectivity index is 1.64. The number of aromatic nitrogens is 4. The van der Waals surface area contributed by atoms with Crippen molar-refractivity contribution in [3.63, 3.8) is 0 Å². The fourth-order valence-corrected chi connectivity index (χ4v) is 4.02. The number of piperidine rings is 1. The minimum atomic E-state index is -0.00320. The molecule has 8 heteroatoms. The summed E-state index contributed by atoms with van der Waals surface area (Å²) in [6.07, 6.45) is 6.06. The first-order valence-electron chi connectivity index (χ1n) is 10.7.